The van der Waals surface area contributed by atoms with Crippen LogP contribution in [0.25, 0.3) is 67.3 Å². The SMILES string of the molecule is N#Cc1ccc(-c2nc(-c3ccccc3)cc(-c3ccc4c(c3)C3(c5ccccc5-c5ccccc5-4)c4ccccc4-c4ccccc43)n2)cc1. The number of rotatable bonds is 3. The van der Waals surface area contributed by atoms with Crippen molar-refractivity contribution in [2.24, 2.45) is 0 Å². The van der Waals surface area contributed by atoms with Crippen LogP contribution in [0.3, 0.4) is 0 Å². The molecule has 2 aliphatic carbocycles. The van der Waals surface area contributed by atoms with E-state index in [1.54, 1.807) is 0 Å². The zero-order valence-corrected chi connectivity index (χ0v) is 27.6. The Hall–Kier alpha value is -6.89. The second-order valence-electron chi connectivity index (χ2n) is 13.2. The summed E-state index contributed by atoms with van der Waals surface area (Å²) >= 11 is 0. The summed E-state index contributed by atoms with van der Waals surface area (Å²) in [5.74, 6) is 0.618. The van der Waals surface area contributed by atoms with Crippen LogP contribution < -0.4 is 0 Å². The van der Waals surface area contributed by atoms with E-state index in [0.717, 1.165) is 28.1 Å². The van der Waals surface area contributed by atoms with E-state index in [2.05, 4.69) is 140 Å². The van der Waals surface area contributed by atoms with Gasteiger partial charge in [-0.3, -0.25) is 0 Å². The molecule has 1 spiro atoms. The Morgan fingerprint density at radius 3 is 1.39 bits per heavy atom. The summed E-state index contributed by atoms with van der Waals surface area (Å²) in [6.45, 7) is 0. The van der Waals surface area contributed by atoms with Crippen molar-refractivity contribution in [3.63, 3.8) is 0 Å². The number of nitriles is 1. The van der Waals surface area contributed by atoms with Crippen molar-refractivity contribution >= 4 is 0 Å². The number of hydrogen-bond acceptors (Lipinski definition) is 3. The van der Waals surface area contributed by atoms with E-state index in [0.29, 0.717) is 11.4 Å². The third kappa shape index (κ3) is 4.30. The highest BCUT2D eigenvalue weighted by Crippen LogP contribution is 2.61. The third-order valence-corrected chi connectivity index (χ3v) is 10.6. The monoisotopic (exact) mass is 647 g/mol. The second-order valence-corrected chi connectivity index (χ2v) is 13.2. The lowest BCUT2D eigenvalue weighted by Gasteiger charge is -2.35. The van der Waals surface area contributed by atoms with Gasteiger partial charge >= 0.3 is 0 Å². The standard InChI is InChI=1S/C48H29N3/c49-30-31-22-24-33(25-23-31)47-50-45(32-12-2-1-3-13-32)29-46(51-47)34-26-27-40-36-15-5-4-14-35(36)37-16-6-9-19-41(37)48(44(40)28-34)42-20-10-7-17-38(42)39-18-8-11-21-43(39)48/h1-29H. The van der Waals surface area contributed by atoms with Gasteiger partial charge in [0.15, 0.2) is 5.82 Å². The third-order valence-electron chi connectivity index (χ3n) is 10.6. The minimum absolute atomic E-state index is 0.570. The summed E-state index contributed by atoms with van der Waals surface area (Å²) in [5.41, 5.74) is 17.1. The summed E-state index contributed by atoms with van der Waals surface area (Å²) < 4.78 is 0. The van der Waals surface area contributed by atoms with Gasteiger partial charge in [0.25, 0.3) is 0 Å². The van der Waals surface area contributed by atoms with E-state index in [-0.39, 0.29) is 0 Å². The first-order valence-electron chi connectivity index (χ1n) is 17.2. The van der Waals surface area contributed by atoms with E-state index in [1.165, 1.54) is 55.6 Å². The Labute approximate surface area is 296 Å². The molecule has 3 heteroatoms. The summed E-state index contributed by atoms with van der Waals surface area (Å²) in [4.78, 5) is 10.3. The van der Waals surface area contributed by atoms with Crippen LogP contribution >= 0.6 is 0 Å². The summed E-state index contributed by atoms with van der Waals surface area (Å²) in [6, 6.07) is 64.6. The van der Waals surface area contributed by atoms with E-state index >= 15 is 0 Å². The van der Waals surface area contributed by atoms with Gasteiger partial charge in [-0.05, 0) is 92.0 Å². The van der Waals surface area contributed by atoms with Gasteiger partial charge in [0.1, 0.15) is 0 Å². The van der Waals surface area contributed by atoms with Gasteiger partial charge in [-0.15, -0.1) is 0 Å². The maximum absolute atomic E-state index is 9.45. The van der Waals surface area contributed by atoms with Crippen LogP contribution in [0.15, 0.2) is 176 Å². The molecule has 2 aliphatic rings. The first-order valence-corrected chi connectivity index (χ1v) is 17.2. The highest BCUT2D eigenvalue weighted by molar-refractivity contribution is 5.97. The lowest BCUT2D eigenvalue weighted by Crippen LogP contribution is -2.29. The van der Waals surface area contributed by atoms with Crippen LogP contribution in [-0.2, 0) is 5.41 Å². The molecule has 0 bridgehead atoms. The molecule has 3 nitrogen and oxygen atoms in total. The van der Waals surface area contributed by atoms with Gasteiger partial charge in [0, 0.05) is 16.7 Å². The molecule has 10 rings (SSSR count). The maximum atomic E-state index is 9.45. The molecule has 7 aromatic carbocycles. The Morgan fingerprint density at radius 2 is 0.824 bits per heavy atom. The van der Waals surface area contributed by atoms with Crippen molar-refractivity contribution in [2.75, 3.05) is 0 Å². The van der Waals surface area contributed by atoms with Crippen molar-refractivity contribution in [3.8, 4) is 73.4 Å². The highest BCUT2D eigenvalue weighted by atomic mass is 14.9. The predicted octanol–water partition coefficient (Wildman–Crippen LogP) is 11.4. The fraction of sp³-hybridized carbons (Fsp3) is 0.0208. The van der Waals surface area contributed by atoms with Gasteiger partial charge in [0.2, 0.25) is 0 Å². The van der Waals surface area contributed by atoms with Gasteiger partial charge in [0.05, 0.1) is 28.4 Å². The molecule has 0 unspecified atom stereocenters. The molecule has 0 radical (unpaired) electrons. The molecule has 236 valence electrons. The van der Waals surface area contributed by atoms with E-state index in [9.17, 15) is 5.26 Å². The average molecular weight is 648 g/mol. The van der Waals surface area contributed by atoms with Crippen molar-refractivity contribution in [1.82, 2.24) is 9.97 Å². The number of benzene rings is 7. The topological polar surface area (TPSA) is 49.6 Å². The maximum Gasteiger partial charge on any atom is 0.160 e. The zero-order valence-electron chi connectivity index (χ0n) is 27.6. The first kappa shape index (κ1) is 29.1. The molecule has 8 aromatic rings. The van der Waals surface area contributed by atoms with Crippen LogP contribution in [0, 0.1) is 11.3 Å². The molecule has 0 saturated heterocycles. The molecule has 0 atom stereocenters. The van der Waals surface area contributed by atoms with Crippen molar-refractivity contribution < 1.29 is 0 Å². The Balaban J connectivity index is 1.30. The molecule has 0 N–H and O–H groups in total. The Morgan fingerprint density at radius 1 is 0.373 bits per heavy atom. The summed E-state index contributed by atoms with van der Waals surface area (Å²) in [7, 11) is 0. The van der Waals surface area contributed by atoms with Crippen LogP contribution in [0.2, 0.25) is 0 Å². The quantitative estimate of drug-likeness (QED) is 0.192. The molecular formula is C48H29N3. The zero-order chi connectivity index (χ0) is 33.9. The number of aromatic nitrogens is 2. The van der Waals surface area contributed by atoms with Gasteiger partial charge in [-0.1, -0.05) is 140 Å². The van der Waals surface area contributed by atoms with Crippen LogP contribution in [-0.4, -0.2) is 9.97 Å². The van der Waals surface area contributed by atoms with Gasteiger partial charge in [-0.25, -0.2) is 9.97 Å². The number of fused-ring (bicyclic) bond motifs is 12. The summed E-state index contributed by atoms with van der Waals surface area (Å²) in [6.07, 6.45) is 0. The molecule has 1 heterocycles. The van der Waals surface area contributed by atoms with Gasteiger partial charge in [-0.2, -0.15) is 5.26 Å². The largest absolute Gasteiger partial charge is 0.228 e. The summed E-state index contributed by atoms with van der Waals surface area (Å²) in [5, 5.41) is 9.45. The molecule has 51 heavy (non-hydrogen) atoms. The molecule has 0 amide bonds. The van der Waals surface area contributed by atoms with Crippen LogP contribution in [0.5, 0.6) is 0 Å². The van der Waals surface area contributed by atoms with Crippen molar-refractivity contribution in [1.29, 1.82) is 5.26 Å². The van der Waals surface area contributed by atoms with E-state index < -0.39 is 5.41 Å². The predicted molar refractivity (Wildman–Crippen MR) is 205 cm³/mol. The Bertz CT molecular complexity index is 2660. The molecule has 1 aromatic heterocycles. The highest BCUT2D eigenvalue weighted by Gasteiger charge is 2.49. The van der Waals surface area contributed by atoms with Crippen LogP contribution in [0.1, 0.15) is 27.8 Å². The molecule has 0 saturated carbocycles. The number of hydrogen-bond donors (Lipinski definition) is 0. The molecular weight excluding hydrogens is 619 g/mol. The smallest absolute Gasteiger partial charge is 0.160 e. The molecule has 0 fully saturated rings. The second kappa shape index (κ2) is 11.3. The van der Waals surface area contributed by atoms with E-state index in [1.807, 2.05) is 42.5 Å². The van der Waals surface area contributed by atoms with Crippen molar-refractivity contribution in [2.45, 2.75) is 5.41 Å². The molecule has 0 aliphatic heterocycles. The number of nitrogens with zero attached hydrogens (tertiary/aromatic N) is 3. The van der Waals surface area contributed by atoms with Gasteiger partial charge < -0.3 is 0 Å². The van der Waals surface area contributed by atoms with E-state index in [4.69, 9.17) is 9.97 Å². The lowest BCUT2D eigenvalue weighted by atomic mass is 9.65. The fourth-order valence-corrected chi connectivity index (χ4v) is 8.38. The first-order chi connectivity index (χ1) is 25.2. The minimum Gasteiger partial charge on any atom is -0.228 e. The van der Waals surface area contributed by atoms with Crippen molar-refractivity contribution in [3.05, 3.63) is 204 Å². The average Bonchev–Trinajstić information content (AvgIpc) is 3.46. The normalized spacial score (nSPS) is 12.8. The lowest BCUT2D eigenvalue weighted by molar-refractivity contribution is 0.775. The fourth-order valence-electron chi connectivity index (χ4n) is 8.38. The minimum atomic E-state index is -0.570. The Kier molecular flexibility index (Phi) is 6.46. The van der Waals surface area contributed by atoms with Crippen LogP contribution in [0.4, 0.5) is 0 Å².